The molecule has 0 bridgehead atoms. The smallest absolute Gasteiger partial charge is 0.127 e. The van der Waals surface area contributed by atoms with Crippen LogP contribution in [0, 0.1) is 0 Å². The Morgan fingerprint density at radius 3 is 2.22 bits per heavy atom. The Morgan fingerprint density at radius 1 is 0.944 bits per heavy atom. The minimum Gasteiger partial charge on any atom is -0.545 e. The molecule has 0 spiro atoms. The fraction of sp³-hybridized carbons (Fsp3) is 0.516. The third-order valence-corrected chi connectivity index (χ3v) is 7.99. The second-order valence-corrected chi connectivity index (χ2v) is 11.5. The van der Waals surface area contributed by atoms with Crippen molar-refractivity contribution < 1.29 is 19.4 Å². The number of rotatable bonds is 8. The summed E-state index contributed by atoms with van der Waals surface area (Å²) in [7, 11) is 1.66. The lowest BCUT2D eigenvalue weighted by Gasteiger charge is -2.42. The number of carboxylic acid groups (broad SMARTS) is 1. The first-order chi connectivity index (χ1) is 17.1. The molecule has 194 valence electrons. The average Bonchev–Trinajstić information content (AvgIpc) is 2.86. The topological polar surface area (TPSA) is 61.8 Å². The van der Waals surface area contributed by atoms with Crippen molar-refractivity contribution in [3.8, 4) is 22.6 Å². The van der Waals surface area contributed by atoms with Crippen LogP contribution in [0.5, 0.6) is 11.5 Å². The van der Waals surface area contributed by atoms with Crippen molar-refractivity contribution in [2.45, 2.75) is 70.6 Å². The number of fused-ring (bicyclic) bond motifs is 1. The Labute approximate surface area is 216 Å². The van der Waals surface area contributed by atoms with Gasteiger partial charge in [0.25, 0.3) is 0 Å². The van der Waals surface area contributed by atoms with E-state index >= 15 is 0 Å². The number of aliphatic carboxylic acids is 1. The van der Waals surface area contributed by atoms with E-state index in [1.165, 1.54) is 30.4 Å². The minimum atomic E-state index is -1.22. The molecule has 0 saturated carbocycles. The number of ether oxygens (including phenoxy) is 2. The summed E-state index contributed by atoms with van der Waals surface area (Å²) in [4.78, 5) is 13.5. The predicted octanol–water partition coefficient (Wildman–Crippen LogP) is 5.34. The van der Waals surface area contributed by atoms with Crippen molar-refractivity contribution in [2.75, 3.05) is 33.4 Å². The Kier molecular flexibility index (Phi) is 7.79. The zero-order valence-corrected chi connectivity index (χ0v) is 22.5. The molecule has 1 aliphatic carbocycles. The molecule has 0 N–H and O–H groups in total. The highest BCUT2D eigenvalue weighted by atomic mass is 16.5. The van der Waals surface area contributed by atoms with Gasteiger partial charge in [-0.2, -0.15) is 0 Å². The van der Waals surface area contributed by atoms with Crippen molar-refractivity contribution in [3.05, 3.63) is 53.1 Å². The standard InChI is InChI=1S/C31H41NO4/c1-30(2)13-14-31(3,4)26-21-28(36-18-17-32-15-7-6-8-16-32)24(20-25(26)30)23-19-22(10-12-29(33)34)9-11-27(23)35-5/h9-12,19-21H,6-8,13-18H2,1-5H3,(H,33,34)/p-1/b12-10+. The van der Waals surface area contributed by atoms with Crippen molar-refractivity contribution in [1.82, 2.24) is 4.90 Å². The molecular weight excluding hydrogens is 450 g/mol. The van der Waals surface area contributed by atoms with Crippen LogP contribution in [-0.2, 0) is 15.6 Å². The number of hydrogen-bond acceptors (Lipinski definition) is 5. The molecule has 1 heterocycles. The predicted molar refractivity (Wildman–Crippen MR) is 144 cm³/mol. The Hall–Kier alpha value is -2.79. The lowest BCUT2D eigenvalue weighted by atomic mass is 9.62. The van der Waals surface area contributed by atoms with Gasteiger partial charge in [0.1, 0.15) is 18.1 Å². The Morgan fingerprint density at radius 2 is 1.58 bits per heavy atom. The Bertz CT molecular complexity index is 1130. The van der Waals surface area contributed by atoms with E-state index in [-0.39, 0.29) is 10.8 Å². The highest BCUT2D eigenvalue weighted by molar-refractivity contribution is 5.85. The molecule has 1 saturated heterocycles. The quantitative estimate of drug-likeness (QED) is 0.468. The van der Waals surface area contributed by atoms with Crippen molar-refractivity contribution in [3.63, 3.8) is 0 Å². The third kappa shape index (κ3) is 5.78. The van der Waals surface area contributed by atoms with Gasteiger partial charge >= 0.3 is 0 Å². The summed E-state index contributed by atoms with van der Waals surface area (Å²) in [5.41, 5.74) is 5.46. The first kappa shape index (κ1) is 26.3. The number of benzene rings is 2. The molecule has 0 atom stereocenters. The van der Waals surface area contributed by atoms with Crippen LogP contribution in [0.1, 0.15) is 76.5 Å². The van der Waals surface area contributed by atoms with Gasteiger partial charge in [-0.15, -0.1) is 0 Å². The zero-order valence-electron chi connectivity index (χ0n) is 22.5. The van der Waals surface area contributed by atoms with E-state index in [1.807, 2.05) is 18.2 Å². The monoisotopic (exact) mass is 490 g/mol. The molecule has 1 aliphatic heterocycles. The van der Waals surface area contributed by atoms with Gasteiger partial charge in [-0.3, -0.25) is 4.90 Å². The van der Waals surface area contributed by atoms with Crippen molar-refractivity contribution >= 4 is 12.0 Å². The summed E-state index contributed by atoms with van der Waals surface area (Å²) < 4.78 is 12.3. The van der Waals surface area contributed by atoms with E-state index in [1.54, 1.807) is 13.2 Å². The van der Waals surface area contributed by atoms with Crippen LogP contribution in [0.25, 0.3) is 17.2 Å². The summed E-state index contributed by atoms with van der Waals surface area (Å²) in [6.07, 6.45) is 8.70. The fourth-order valence-electron chi connectivity index (χ4n) is 5.60. The van der Waals surface area contributed by atoms with Gasteiger partial charge in [0.15, 0.2) is 0 Å². The molecule has 2 aromatic rings. The maximum absolute atomic E-state index is 11.0. The normalized spacial score (nSPS) is 19.1. The first-order valence-corrected chi connectivity index (χ1v) is 13.2. The molecule has 0 radical (unpaired) electrons. The van der Waals surface area contributed by atoms with Gasteiger partial charge < -0.3 is 19.4 Å². The van der Waals surface area contributed by atoms with Crippen LogP contribution < -0.4 is 14.6 Å². The molecule has 5 nitrogen and oxygen atoms in total. The van der Waals surface area contributed by atoms with Gasteiger partial charge in [0, 0.05) is 17.7 Å². The largest absolute Gasteiger partial charge is 0.545 e. The second kappa shape index (κ2) is 10.7. The van der Waals surface area contributed by atoms with Gasteiger partial charge in [-0.1, -0.05) is 46.3 Å². The van der Waals surface area contributed by atoms with E-state index < -0.39 is 5.97 Å². The second-order valence-electron chi connectivity index (χ2n) is 11.5. The lowest BCUT2D eigenvalue weighted by molar-refractivity contribution is -0.297. The van der Waals surface area contributed by atoms with Crippen LogP contribution in [0.3, 0.4) is 0 Å². The summed E-state index contributed by atoms with van der Waals surface area (Å²) in [5, 5.41) is 11.0. The number of hydrogen-bond donors (Lipinski definition) is 0. The third-order valence-electron chi connectivity index (χ3n) is 7.99. The molecule has 5 heteroatoms. The lowest BCUT2D eigenvalue weighted by Crippen LogP contribution is -2.34. The molecule has 0 unspecified atom stereocenters. The van der Waals surface area contributed by atoms with Gasteiger partial charge in [-0.05, 0) is 96.6 Å². The molecule has 36 heavy (non-hydrogen) atoms. The first-order valence-electron chi connectivity index (χ1n) is 13.2. The van der Waals surface area contributed by atoms with Gasteiger partial charge in [-0.25, -0.2) is 0 Å². The highest BCUT2D eigenvalue weighted by Crippen LogP contribution is 2.50. The van der Waals surface area contributed by atoms with E-state index in [9.17, 15) is 9.90 Å². The molecule has 2 aliphatic rings. The van der Waals surface area contributed by atoms with Crippen LogP contribution in [0.2, 0.25) is 0 Å². The van der Waals surface area contributed by atoms with Gasteiger partial charge in [0.2, 0.25) is 0 Å². The molecular formula is C31H40NO4-. The minimum absolute atomic E-state index is 0.0473. The van der Waals surface area contributed by atoms with E-state index in [4.69, 9.17) is 9.47 Å². The fourth-order valence-corrected chi connectivity index (χ4v) is 5.60. The summed E-state index contributed by atoms with van der Waals surface area (Å²) in [6.45, 7) is 13.1. The van der Waals surface area contributed by atoms with Crippen molar-refractivity contribution in [2.24, 2.45) is 0 Å². The number of carbonyl (C=O) groups excluding carboxylic acids is 1. The van der Waals surface area contributed by atoms with E-state index in [0.29, 0.717) is 6.61 Å². The number of carboxylic acids is 1. The van der Waals surface area contributed by atoms with Crippen LogP contribution >= 0.6 is 0 Å². The number of likely N-dealkylation sites (tertiary alicyclic amines) is 1. The number of carbonyl (C=O) groups is 1. The zero-order chi connectivity index (χ0) is 25.9. The summed E-state index contributed by atoms with van der Waals surface area (Å²) >= 11 is 0. The molecule has 0 aromatic heterocycles. The van der Waals surface area contributed by atoms with Crippen LogP contribution in [0.4, 0.5) is 0 Å². The molecule has 4 rings (SSSR count). The van der Waals surface area contributed by atoms with Crippen LogP contribution in [-0.4, -0.2) is 44.2 Å². The van der Waals surface area contributed by atoms with E-state index in [0.717, 1.165) is 66.7 Å². The molecule has 1 fully saturated rings. The maximum atomic E-state index is 11.0. The maximum Gasteiger partial charge on any atom is 0.127 e. The summed E-state index contributed by atoms with van der Waals surface area (Å²) in [6, 6.07) is 10.3. The molecule has 2 aromatic carbocycles. The number of nitrogens with zero attached hydrogens (tertiary/aromatic N) is 1. The molecule has 0 amide bonds. The Balaban J connectivity index is 1.80. The van der Waals surface area contributed by atoms with Gasteiger partial charge in [0.05, 0.1) is 13.1 Å². The van der Waals surface area contributed by atoms with Crippen LogP contribution in [0.15, 0.2) is 36.4 Å². The summed E-state index contributed by atoms with van der Waals surface area (Å²) in [5.74, 6) is 0.372. The van der Waals surface area contributed by atoms with E-state index in [2.05, 4.69) is 44.7 Å². The number of methoxy groups -OCH3 is 1. The SMILES string of the molecule is COc1ccc(/C=C/C(=O)[O-])cc1-c1cc2c(cc1OCCN1CCCCC1)C(C)(C)CCC2(C)C. The average molecular weight is 491 g/mol. The number of piperidine rings is 1. The van der Waals surface area contributed by atoms with Crippen molar-refractivity contribution in [1.29, 1.82) is 0 Å². The highest BCUT2D eigenvalue weighted by Gasteiger charge is 2.38.